The molecule has 2 aromatic rings. The van der Waals surface area contributed by atoms with Gasteiger partial charge < -0.3 is 4.74 Å². The number of hydrogen-bond donors (Lipinski definition) is 0. The first kappa shape index (κ1) is 19.5. The summed E-state index contributed by atoms with van der Waals surface area (Å²) < 4.78 is 45.4. The summed E-state index contributed by atoms with van der Waals surface area (Å²) in [5.41, 5.74) is 0.462. The molecule has 27 heavy (non-hydrogen) atoms. The van der Waals surface area contributed by atoms with Crippen molar-refractivity contribution in [3.05, 3.63) is 59.9 Å². The predicted molar refractivity (Wildman–Crippen MR) is 99.8 cm³/mol. The van der Waals surface area contributed by atoms with Crippen molar-refractivity contribution in [3.63, 3.8) is 0 Å². The number of hydrogen-bond acceptors (Lipinski definition) is 4. The maximum Gasteiger partial charge on any atom is 0.243 e. The smallest absolute Gasteiger partial charge is 0.243 e. The van der Waals surface area contributed by atoms with Gasteiger partial charge in [-0.1, -0.05) is 0 Å². The molecule has 2 aromatic carbocycles. The number of halogens is 1. The van der Waals surface area contributed by atoms with Crippen molar-refractivity contribution in [2.24, 2.45) is 5.92 Å². The van der Waals surface area contributed by atoms with Crippen LogP contribution in [0, 0.1) is 11.7 Å². The van der Waals surface area contributed by atoms with Crippen molar-refractivity contribution < 1.29 is 22.3 Å². The van der Waals surface area contributed by atoms with E-state index in [1.165, 1.54) is 40.7 Å². The second-order valence-electron chi connectivity index (χ2n) is 6.45. The van der Waals surface area contributed by atoms with Crippen LogP contribution in [0.3, 0.4) is 0 Å². The van der Waals surface area contributed by atoms with Crippen molar-refractivity contribution in [1.82, 2.24) is 4.31 Å². The zero-order valence-corrected chi connectivity index (χ0v) is 15.9. The largest absolute Gasteiger partial charge is 0.494 e. The summed E-state index contributed by atoms with van der Waals surface area (Å²) >= 11 is 0. The van der Waals surface area contributed by atoms with E-state index < -0.39 is 10.0 Å². The molecule has 0 N–H and O–H groups in total. The summed E-state index contributed by atoms with van der Waals surface area (Å²) in [5.74, 6) is -0.0711. The maximum absolute atomic E-state index is 13.0. The lowest BCUT2D eigenvalue weighted by molar-refractivity contribution is 0.0875. The number of sulfonamides is 1. The van der Waals surface area contributed by atoms with Crippen molar-refractivity contribution in [2.75, 3.05) is 19.7 Å². The first-order chi connectivity index (χ1) is 12.9. The van der Waals surface area contributed by atoms with Gasteiger partial charge in [0.25, 0.3) is 0 Å². The van der Waals surface area contributed by atoms with E-state index in [2.05, 4.69) is 0 Å². The van der Waals surface area contributed by atoms with Crippen LogP contribution in [-0.2, 0) is 10.0 Å². The SMILES string of the molecule is CCOc1ccc(S(=O)(=O)N2CCC(C(=O)c3ccc(F)cc3)CC2)cc1. The predicted octanol–water partition coefficient (Wildman–Crippen LogP) is 3.51. The van der Waals surface area contributed by atoms with Gasteiger partial charge in [0.05, 0.1) is 11.5 Å². The Bertz CT molecular complexity index is 887. The first-order valence-corrected chi connectivity index (χ1v) is 10.4. The topological polar surface area (TPSA) is 63.7 Å². The molecule has 7 heteroatoms. The number of Topliss-reactive ketones (excluding diaryl/α,β-unsaturated/α-hetero) is 1. The molecule has 1 saturated heterocycles. The quantitative estimate of drug-likeness (QED) is 0.707. The van der Waals surface area contributed by atoms with Gasteiger partial charge >= 0.3 is 0 Å². The van der Waals surface area contributed by atoms with Crippen LogP contribution in [0.1, 0.15) is 30.1 Å². The summed E-state index contributed by atoms with van der Waals surface area (Å²) in [6.07, 6.45) is 0.902. The fourth-order valence-electron chi connectivity index (χ4n) is 3.23. The Hall–Kier alpha value is -2.25. The minimum atomic E-state index is -3.60. The zero-order valence-electron chi connectivity index (χ0n) is 15.1. The summed E-state index contributed by atoms with van der Waals surface area (Å²) in [7, 11) is -3.60. The number of rotatable bonds is 6. The highest BCUT2D eigenvalue weighted by molar-refractivity contribution is 7.89. The second-order valence-corrected chi connectivity index (χ2v) is 8.39. The molecule has 0 spiro atoms. The van der Waals surface area contributed by atoms with E-state index in [1.807, 2.05) is 6.92 Å². The van der Waals surface area contributed by atoms with E-state index in [4.69, 9.17) is 4.74 Å². The van der Waals surface area contributed by atoms with Gasteiger partial charge in [-0.15, -0.1) is 0 Å². The van der Waals surface area contributed by atoms with Crippen molar-refractivity contribution in [3.8, 4) is 5.75 Å². The van der Waals surface area contributed by atoms with Crippen LogP contribution in [-0.4, -0.2) is 38.2 Å². The lowest BCUT2D eigenvalue weighted by Gasteiger charge is -2.30. The average Bonchev–Trinajstić information content (AvgIpc) is 2.69. The van der Waals surface area contributed by atoms with E-state index in [1.54, 1.807) is 12.1 Å². The molecule has 5 nitrogen and oxygen atoms in total. The summed E-state index contributed by atoms with van der Waals surface area (Å²) in [4.78, 5) is 12.7. The summed E-state index contributed by atoms with van der Waals surface area (Å²) in [5, 5.41) is 0. The van der Waals surface area contributed by atoms with Crippen molar-refractivity contribution >= 4 is 15.8 Å². The highest BCUT2D eigenvalue weighted by atomic mass is 32.2. The zero-order chi connectivity index (χ0) is 19.4. The van der Waals surface area contributed by atoms with Crippen LogP contribution in [0.2, 0.25) is 0 Å². The Morgan fingerprint density at radius 2 is 1.67 bits per heavy atom. The standard InChI is InChI=1S/C20H22FNO4S/c1-2-26-18-7-9-19(10-8-18)27(24,25)22-13-11-16(12-14-22)20(23)15-3-5-17(21)6-4-15/h3-10,16H,2,11-14H2,1H3. The Labute approximate surface area is 158 Å². The molecule has 0 amide bonds. The molecule has 144 valence electrons. The number of carbonyl (C=O) groups excluding carboxylic acids is 1. The van der Waals surface area contributed by atoms with E-state index in [0.29, 0.717) is 30.8 Å². The molecule has 3 rings (SSSR count). The molecule has 0 unspecified atom stereocenters. The number of benzene rings is 2. The van der Waals surface area contributed by atoms with E-state index in [9.17, 15) is 17.6 Å². The molecule has 0 aliphatic carbocycles. The summed E-state index contributed by atoms with van der Waals surface area (Å²) in [6, 6.07) is 11.8. The Morgan fingerprint density at radius 1 is 1.07 bits per heavy atom. The molecule has 0 bridgehead atoms. The lowest BCUT2D eigenvalue weighted by atomic mass is 9.90. The normalized spacial score (nSPS) is 16.2. The fraction of sp³-hybridized carbons (Fsp3) is 0.350. The molecular weight excluding hydrogens is 369 g/mol. The number of carbonyl (C=O) groups is 1. The maximum atomic E-state index is 13.0. The monoisotopic (exact) mass is 391 g/mol. The van der Waals surface area contributed by atoms with E-state index >= 15 is 0 Å². The number of piperidine rings is 1. The van der Waals surface area contributed by atoms with Crippen LogP contribution in [0.25, 0.3) is 0 Å². The number of nitrogens with zero attached hydrogens (tertiary/aromatic N) is 1. The van der Waals surface area contributed by atoms with Gasteiger partial charge in [-0.05, 0) is 68.3 Å². The van der Waals surface area contributed by atoms with Gasteiger partial charge in [-0.3, -0.25) is 4.79 Å². The number of ketones is 1. The van der Waals surface area contributed by atoms with Crippen molar-refractivity contribution in [2.45, 2.75) is 24.7 Å². The highest BCUT2D eigenvalue weighted by Gasteiger charge is 2.32. The van der Waals surface area contributed by atoms with Gasteiger partial charge in [0, 0.05) is 24.6 Å². The van der Waals surface area contributed by atoms with Gasteiger partial charge in [0.2, 0.25) is 10.0 Å². The molecule has 1 aliphatic heterocycles. The first-order valence-electron chi connectivity index (χ1n) is 8.94. The van der Waals surface area contributed by atoms with Crippen LogP contribution in [0.4, 0.5) is 4.39 Å². The third kappa shape index (κ3) is 4.36. The van der Waals surface area contributed by atoms with Crippen LogP contribution < -0.4 is 4.74 Å². The summed E-state index contributed by atoms with van der Waals surface area (Å²) in [6.45, 7) is 2.95. The molecule has 1 fully saturated rings. The van der Waals surface area contributed by atoms with Gasteiger partial charge in [0.1, 0.15) is 11.6 Å². The minimum Gasteiger partial charge on any atom is -0.494 e. The highest BCUT2D eigenvalue weighted by Crippen LogP contribution is 2.27. The van der Waals surface area contributed by atoms with Crippen molar-refractivity contribution in [1.29, 1.82) is 0 Å². The Kier molecular flexibility index (Phi) is 5.92. The second kappa shape index (κ2) is 8.19. The minimum absolute atomic E-state index is 0.0619. The van der Waals surface area contributed by atoms with Gasteiger partial charge in [-0.25, -0.2) is 12.8 Å². The molecule has 0 radical (unpaired) electrons. The molecular formula is C20H22FNO4S. The van der Waals surface area contributed by atoms with Gasteiger partial charge in [0.15, 0.2) is 5.78 Å². The van der Waals surface area contributed by atoms with Crippen LogP contribution >= 0.6 is 0 Å². The lowest BCUT2D eigenvalue weighted by Crippen LogP contribution is -2.40. The van der Waals surface area contributed by atoms with Crippen LogP contribution in [0.15, 0.2) is 53.4 Å². The van der Waals surface area contributed by atoms with E-state index in [0.717, 1.165) is 0 Å². The molecule has 0 aromatic heterocycles. The Balaban J connectivity index is 1.65. The Morgan fingerprint density at radius 3 is 2.22 bits per heavy atom. The molecule has 0 saturated carbocycles. The van der Waals surface area contributed by atoms with Gasteiger partial charge in [-0.2, -0.15) is 4.31 Å². The number of ether oxygens (including phenoxy) is 1. The molecule has 0 atom stereocenters. The average molecular weight is 391 g/mol. The van der Waals surface area contributed by atoms with Crippen LogP contribution in [0.5, 0.6) is 5.75 Å². The third-order valence-electron chi connectivity index (χ3n) is 4.73. The third-order valence-corrected chi connectivity index (χ3v) is 6.64. The van der Waals surface area contributed by atoms with E-state index in [-0.39, 0.29) is 35.5 Å². The molecule has 1 aliphatic rings. The fourth-order valence-corrected chi connectivity index (χ4v) is 4.70. The molecule has 1 heterocycles.